The van der Waals surface area contributed by atoms with Gasteiger partial charge in [0.15, 0.2) is 23.9 Å². The maximum absolute atomic E-state index is 13.5. The van der Waals surface area contributed by atoms with Crippen molar-refractivity contribution < 1.29 is 36.7 Å². The first-order chi connectivity index (χ1) is 14.7. The zero-order valence-corrected chi connectivity index (χ0v) is 15.8. The van der Waals surface area contributed by atoms with Gasteiger partial charge in [0.05, 0.1) is 0 Å². The molecule has 1 atom stereocenters. The molecule has 1 aliphatic heterocycles. The van der Waals surface area contributed by atoms with Crippen LogP contribution < -0.4 is 10.1 Å². The van der Waals surface area contributed by atoms with E-state index in [1.165, 1.54) is 6.07 Å². The summed E-state index contributed by atoms with van der Waals surface area (Å²) in [6.45, 7) is 1.97. The van der Waals surface area contributed by atoms with Gasteiger partial charge in [-0.1, -0.05) is 17.3 Å². The molecule has 9 nitrogen and oxygen atoms in total. The van der Waals surface area contributed by atoms with Gasteiger partial charge in [0.25, 0.3) is 5.89 Å². The Labute approximate surface area is 172 Å². The standard InChI is InChI=1S/C16H16FN5O2.C2HF3O2/c17-11-3-1-2-4-14(11)23-9-15-19-16(24-22-15)13-7-12(20-21-13)10-5-6-18-8-10;3-2(4,5)1(6)7/h1-4,7,10,18H,5-6,8-9H2,(H,20,21);(H,6,7). The van der Waals surface area contributed by atoms with E-state index in [9.17, 15) is 17.6 Å². The number of para-hydroxylation sites is 1. The fraction of sp³-hybridized carbons (Fsp3) is 0.333. The van der Waals surface area contributed by atoms with Gasteiger partial charge in [-0.3, -0.25) is 5.10 Å². The zero-order chi connectivity index (χ0) is 22.4. The number of carboxylic acid groups (broad SMARTS) is 1. The molecule has 3 aromatic rings. The van der Waals surface area contributed by atoms with Gasteiger partial charge in [-0.2, -0.15) is 23.3 Å². The molecule has 1 unspecified atom stereocenters. The summed E-state index contributed by atoms with van der Waals surface area (Å²) in [6.07, 6.45) is -4.01. The van der Waals surface area contributed by atoms with Crippen LogP contribution in [0.5, 0.6) is 5.75 Å². The van der Waals surface area contributed by atoms with Crippen LogP contribution in [0, 0.1) is 5.82 Å². The molecule has 0 aliphatic carbocycles. The van der Waals surface area contributed by atoms with Crippen molar-refractivity contribution in [1.29, 1.82) is 0 Å². The molecular formula is C18H17F4N5O4. The Bertz CT molecular complexity index is 1010. The molecule has 3 N–H and O–H groups in total. The number of carbonyl (C=O) groups is 1. The van der Waals surface area contributed by atoms with Gasteiger partial charge in [-0.05, 0) is 31.2 Å². The fourth-order valence-corrected chi connectivity index (χ4v) is 2.70. The highest BCUT2D eigenvalue weighted by molar-refractivity contribution is 5.73. The predicted octanol–water partition coefficient (Wildman–Crippen LogP) is 2.89. The highest BCUT2D eigenvalue weighted by Gasteiger charge is 2.38. The molecule has 3 heterocycles. The number of aliphatic carboxylic acids is 1. The summed E-state index contributed by atoms with van der Waals surface area (Å²) in [5.41, 5.74) is 1.65. The van der Waals surface area contributed by atoms with Crippen LogP contribution in [0.15, 0.2) is 34.9 Å². The third kappa shape index (κ3) is 6.01. The molecule has 1 fully saturated rings. The number of alkyl halides is 3. The third-order valence-corrected chi connectivity index (χ3v) is 4.22. The van der Waals surface area contributed by atoms with Gasteiger partial charge in [-0.15, -0.1) is 0 Å². The van der Waals surface area contributed by atoms with Crippen molar-refractivity contribution in [2.45, 2.75) is 25.1 Å². The average molecular weight is 443 g/mol. The van der Waals surface area contributed by atoms with E-state index >= 15 is 0 Å². The summed E-state index contributed by atoms with van der Waals surface area (Å²) >= 11 is 0. The van der Waals surface area contributed by atoms with Crippen molar-refractivity contribution in [3.63, 3.8) is 0 Å². The van der Waals surface area contributed by atoms with E-state index in [-0.39, 0.29) is 12.4 Å². The smallest absolute Gasteiger partial charge is 0.482 e. The summed E-state index contributed by atoms with van der Waals surface area (Å²) < 4.78 is 55.8. The Morgan fingerprint density at radius 2 is 2.06 bits per heavy atom. The van der Waals surface area contributed by atoms with Crippen molar-refractivity contribution in [2.75, 3.05) is 13.1 Å². The molecule has 0 bridgehead atoms. The Kier molecular flexibility index (Phi) is 6.84. The quantitative estimate of drug-likeness (QED) is 0.514. The number of ether oxygens (including phenoxy) is 1. The highest BCUT2D eigenvalue weighted by Crippen LogP contribution is 2.24. The maximum atomic E-state index is 13.5. The second-order valence-electron chi connectivity index (χ2n) is 6.44. The molecule has 31 heavy (non-hydrogen) atoms. The van der Waals surface area contributed by atoms with Gasteiger partial charge < -0.3 is 19.7 Å². The minimum absolute atomic E-state index is 0.0221. The summed E-state index contributed by atoms with van der Waals surface area (Å²) in [7, 11) is 0. The highest BCUT2D eigenvalue weighted by atomic mass is 19.4. The summed E-state index contributed by atoms with van der Waals surface area (Å²) in [4.78, 5) is 13.1. The molecule has 1 aliphatic rings. The lowest BCUT2D eigenvalue weighted by Gasteiger charge is -2.03. The largest absolute Gasteiger partial charge is 0.490 e. The lowest BCUT2D eigenvalue weighted by atomic mass is 10.1. The van der Waals surface area contributed by atoms with Crippen molar-refractivity contribution in [1.82, 2.24) is 25.7 Å². The normalized spacial score (nSPS) is 15.9. The minimum Gasteiger partial charge on any atom is -0.482 e. The molecule has 0 radical (unpaired) electrons. The van der Waals surface area contributed by atoms with Crippen LogP contribution in [0.1, 0.15) is 23.9 Å². The van der Waals surface area contributed by atoms with E-state index < -0.39 is 18.0 Å². The van der Waals surface area contributed by atoms with Gasteiger partial charge >= 0.3 is 12.1 Å². The summed E-state index contributed by atoms with van der Waals surface area (Å²) in [6, 6.07) is 8.10. The first-order valence-electron chi connectivity index (χ1n) is 9.00. The van der Waals surface area contributed by atoms with Crippen LogP contribution in [0.2, 0.25) is 0 Å². The van der Waals surface area contributed by atoms with E-state index in [2.05, 4.69) is 25.7 Å². The lowest BCUT2D eigenvalue weighted by molar-refractivity contribution is -0.192. The maximum Gasteiger partial charge on any atom is 0.490 e. The Hall–Kier alpha value is -3.48. The first kappa shape index (κ1) is 22.2. The van der Waals surface area contributed by atoms with Crippen molar-refractivity contribution >= 4 is 5.97 Å². The zero-order valence-electron chi connectivity index (χ0n) is 15.8. The van der Waals surface area contributed by atoms with Gasteiger partial charge in [0.2, 0.25) is 5.82 Å². The second-order valence-corrected chi connectivity index (χ2v) is 6.44. The number of carboxylic acids is 1. The number of H-pyrrole nitrogens is 1. The number of rotatable bonds is 5. The van der Waals surface area contributed by atoms with E-state index in [1.807, 2.05) is 6.07 Å². The number of nitrogens with zero attached hydrogens (tertiary/aromatic N) is 3. The van der Waals surface area contributed by atoms with Crippen LogP contribution in [0.4, 0.5) is 17.6 Å². The van der Waals surface area contributed by atoms with Crippen molar-refractivity contribution in [3.05, 3.63) is 47.7 Å². The minimum atomic E-state index is -5.08. The number of nitrogens with one attached hydrogen (secondary N) is 2. The molecule has 13 heteroatoms. The first-order valence-corrected chi connectivity index (χ1v) is 9.00. The topological polar surface area (TPSA) is 126 Å². The van der Waals surface area contributed by atoms with E-state index in [4.69, 9.17) is 19.2 Å². The van der Waals surface area contributed by atoms with E-state index in [1.54, 1.807) is 18.2 Å². The van der Waals surface area contributed by atoms with Crippen LogP contribution >= 0.6 is 0 Å². The molecule has 0 amide bonds. The lowest BCUT2D eigenvalue weighted by Crippen LogP contribution is -2.21. The van der Waals surface area contributed by atoms with Crippen LogP contribution in [-0.2, 0) is 11.4 Å². The van der Waals surface area contributed by atoms with E-state index in [0.717, 1.165) is 25.2 Å². The van der Waals surface area contributed by atoms with Crippen LogP contribution in [0.3, 0.4) is 0 Å². The Morgan fingerprint density at radius 3 is 2.71 bits per heavy atom. The fourth-order valence-electron chi connectivity index (χ4n) is 2.70. The number of hydrogen-bond acceptors (Lipinski definition) is 7. The Balaban J connectivity index is 0.000000339. The summed E-state index contributed by atoms with van der Waals surface area (Å²) in [5, 5.41) is 21.5. The number of benzene rings is 1. The van der Waals surface area contributed by atoms with Gasteiger partial charge in [-0.25, -0.2) is 9.18 Å². The van der Waals surface area contributed by atoms with E-state index in [0.29, 0.717) is 23.3 Å². The predicted molar refractivity (Wildman–Crippen MR) is 96.5 cm³/mol. The molecule has 0 saturated carbocycles. The number of aromatic nitrogens is 4. The SMILES string of the molecule is Fc1ccccc1OCc1noc(-c2cc(C3CCNC3)[nH]n2)n1.O=C(O)C(F)(F)F. The molecule has 4 rings (SSSR count). The molecule has 2 aromatic heterocycles. The van der Waals surface area contributed by atoms with Crippen LogP contribution in [0.25, 0.3) is 11.6 Å². The molecule has 1 aromatic carbocycles. The monoisotopic (exact) mass is 443 g/mol. The molecule has 166 valence electrons. The van der Waals surface area contributed by atoms with Gasteiger partial charge in [0.1, 0.15) is 0 Å². The third-order valence-electron chi connectivity index (χ3n) is 4.22. The molecule has 0 spiro atoms. The van der Waals surface area contributed by atoms with Crippen LogP contribution in [-0.4, -0.2) is 50.7 Å². The summed E-state index contributed by atoms with van der Waals surface area (Å²) in [5.74, 6) is -1.95. The van der Waals surface area contributed by atoms with Gasteiger partial charge in [0, 0.05) is 18.2 Å². The van der Waals surface area contributed by atoms with Crippen molar-refractivity contribution in [3.8, 4) is 17.3 Å². The number of hydrogen-bond donors (Lipinski definition) is 3. The average Bonchev–Trinajstić information content (AvgIpc) is 3.47. The molecular weight excluding hydrogens is 426 g/mol. The number of halogens is 4. The molecule has 1 saturated heterocycles. The Morgan fingerprint density at radius 1 is 1.32 bits per heavy atom. The number of aromatic amines is 1. The second kappa shape index (κ2) is 9.55. The van der Waals surface area contributed by atoms with Crippen molar-refractivity contribution in [2.24, 2.45) is 0 Å².